The molecule has 2 atom stereocenters. The van der Waals surface area contributed by atoms with Gasteiger partial charge in [-0.25, -0.2) is 0 Å². The van der Waals surface area contributed by atoms with Gasteiger partial charge in [0.25, 0.3) is 0 Å². The van der Waals surface area contributed by atoms with E-state index in [0.29, 0.717) is 6.04 Å². The topological polar surface area (TPSA) is 61.8 Å². The zero-order valence-electron chi connectivity index (χ0n) is 12.6. The molecule has 2 rings (SSSR count). The van der Waals surface area contributed by atoms with Gasteiger partial charge in [-0.3, -0.25) is 9.69 Å². The van der Waals surface area contributed by atoms with E-state index in [0.717, 1.165) is 71.4 Å². The minimum Gasteiger partial charge on any atom is -0.480 e. The zero-order valence-corrected chi connectivity index (χ0v) is 12.6. The van der Waals surface area contributed by atoms with Crippen molar-refractivity contribution in [2.45, 2.75) is 57.0 Å². The number of ether oxygens (including phenoxy) is 1. The normalized spacial score (nSPS) is 32.8. The summed E-state index contributed by atoms with van der Waals surface area (Å²) in [5.74, 6) is -0.679. The molecule has 0 radical (unpaired) electrons. The molecule has 1 aliphatic carbocycles. The van der Waals surface area contributed by atoms with Crippen LogP contribution in [0.1, 0.15) is 45.4 Å². The lowest BCUT2D eigenvalue weighted by Crippen LogP contribution is -2.58. The van der Waals surface area contributed by atoms with Crippen LogP contribution in [0.3, 0.4) is 0 Å². The van der Waals surface area contributed by atoms with Crippen LogP contribution in [0.25, 0.3) is 0 Å². The Bertz CT molecular complexity index is 316. The SMILES string of the molecule is CCCNC1(C(=O)O)CCCC(N2CCCOCC2)C1. The summed E-state index contributed by atoms with van der Waals surface area (Å²) in [5, 5.41) is 13.0. The van der Waals surface area contributed by atoms with E-state index < -0.39 is 11.5 Å². The molecule has 0 aromatic heterocycles. The molecular weight excluding hydrogens is 256 g/mol. The van der Waals surface area contributed by atoms with E-state index in [4.69, 9.17) is 4.74 Å². The summed E-state index contributed by atoms with van der Waals surface area (Å²) in [4.78, 5) is 14.2. The third kappa shape index (κ3) is 3.71. The third-order valence-electron chi connectivity index (χ3n) is 4.62. The average Bonchev–Trinajstić information content (AvgIpc) is 2.74. The Kier molecular flexibility index (Phi) is 5.81. The van der Waals surface area contributed by atoms with Gasteiger partial charge in [-0.15, -0.1) is 0 Å². The predicted octanol–water partition coefficient (Wildman–Crippen LogP) is 1.47. The van der Waals surface area contributed by atoms with Crippen molar-refractivity contribution in [3.8, 4) is 0 Å². The van der Waals surface area contributed by atoms with Gasteiger partial charge < -0.3 is 15.2 Å². The fourth-order valence-electron chi connectivity index (χ4n) is 3.48. The lowest BCUT2D eigenvalue weighted by molar-refractivity contribution is -0.147. The Morgan fingerprint density at radius 1 is 1.40 bits per heavy atom. The first-order valence-electron chi connectivity index (χ1n) is 7.98. The summed E-state index contributed by atoms with van der Waals surface area (Å²) in [7, 11) is 0. The van der Waals surface area contributed by atoms with E-state index in [9.17, 15) is 9.90 Å². The number of nitrogens with one attached hydrogen (secondary N) is 1. The first-order chi connectivity index (χ1) is 9.68. The second-order valence-corrected chi connectivity index (χ2v) is 6.07. The van der Waals surface area contributed by atoms with Gasteiger partial charge in [-0.05, 0) is 45.1 Å². The number of aliphatic carboxylic acids is 1. The molecule has 20 heavy (non-hydrogen) atoms. The Balaban J connectivity index is 2.02. The van der Waals surface area contributed by atoms with E-state index in [1.165, 1.54) is 0 Å². The van der Waals surface area contributed by atoms with Gasteiger partial charge in [-0.2, -0.15) is 0 Å². The molecule has 5 heteroatoms. The Hall–Kier alpha value is -0.650. The Morgan fingerprint density at radius 3 is 3.00 bits per heavy atom. The van der Waals surface area contributed by atoms with Gasteiger partial charge in [0.1, 0.15) is 5.54 Å². The van der Waals surface area contributed by atoms with Crippen LogP contribution in [-0.4, -0.2) is 60.4 Å². The summed E-state index contributed by atoms with van der Waals surface area (Å²) in [6, 6.07) is 0.380. The van der Waals surface area contributed by atoms with Gasteiger partial charge in [0, 0.05) is 25.7 Å². The number of hydrogen-bond donors (Lipinski definition) is 2. The van der Waals surface area contributed by atoms with Crippen LogP contribution >= 0.6 is 0 Å². The van der Waals surface area contributed by atoms with Crippen molar-refractivity contribution in [3.05, 3.63) is 0 Å². The number of rotatable bonds is 5. The van der Waals surface area contributed by atoms with Crippen molar-refractivity contribution in [2.24, 2.45) is 0 Å². The number of carboxylic acids is 1. The molecule has 2 N–H and O–H groups in total. The highest BCUT2D eigenvalue weighted by Gasteiger charge is 2.43. The molecular formula is C15H28N2O3. The maximum absolute atomic E-state index is 11.8. The molecule has 1 aliphatic heterocycles. The van der Waals surface area contributed by atoms with Gasteiger partial charge in [0.15, 0.2) is 0 Å². The molecule has 2 fully saturated rings. The molecule has 0 aromatic rings. The summed E-state index contributed by atoms with van der Waals surface area (Å²) in [6.45, 7) is 6.44. The summed E-state index contributed by atoms with van der Waals surface area (Å²) in [6.07, 6.45) is 5.61. The maximum Gasteiger partial charge on any atom is 0.323 e. The lowest BCUT2D eigenvalue weighted by Gasteiger charge is -2.42. The zero-order chi connectivity index (χ0) is 14.4. The largest absolute Gasteiger partial charge is 0.480 e. The maximum atomic E-state index is 11.8. The first kappa shape index (κ1) is 15.7. The monoisotopic (exact) mass is 284 g/mol. The first-order valence-corrected chi connectivity index (χ1v) is 7.98. The number of hydrogen-bond acceptors (Lipinski definition) is 4. The molecule has 2 unspecified atom stereocenters. The molecule has 1 heterocycles. The van der Waals surface area contributed by atoms with Crippen molar-refractivity contribution < 1.29 is 14.6 Å². The van der Waals surface area contributed by atoms with E-state index in [1.807, 2.05) is 0 Å². The molecule has 0 spiro atoms. The quantitative estimate of drug-likeness (QED) is 0.800. The predicted molar refractivity (Wildman–Crippen MR) is 77.9 cm³/mol. The van der Waals surface area contributed by atoms with E-state index in [-0.39, 0.29) is 0 Å². The molecule has 2 aliphatic rings. The van der Waals surface area contributed by atoms with Gasteiger partial charge in [-0.1, -0.05) is 6.92 Å². The van der Waals surface area contributed by atoms with Crippen LogP contribution in [0.4, 0.5) is 0 Å². The standard InChI is InChI=1S/C15H28N2O3/c1-2-7-16-15(14(18)19)6-3-5-13(12-15)17-8-4-10-20-11-9-17/h13,16H,2-12H2,1H3,(H,18,19). The number of carbonyl (C=O) groups is 1. The minimum atomic E-state index is -0.716. The third-order valence-corrected chi connectivity index (χ3v) is 4.62. The van der Waals surface area contributed by atoms with Crippen LogP contribution in [0, 0.1) is 0 Å². The highest BCUT2D eigenvalue weighted by atomic mass is 16.5. The molecule has 0 amide bonds. The number of carboxylic acid groups (broad SMARTS) is 1. The van der Waals surface area contributed by atoms with Crippen LogP contribution < -0.4 is 5.32 Å². The second kappa shape index (κ2) is 7.38. The smallest absolute Gasteiger partial charge is 0.323 e. The molecule has 0 aromatic carbocycles. The molecule has 1 saturated carbocycles. The lowest BCUT2D eigenvalue weighted by atomic mass is 9.78. The average molecular weight is 284 g/mol. The van der Waals surface area contributed by atoms with Crippen molar-refractivity contribution in [3.63, 3.8) is 0 Å². The van der Waals surface area contributed by atoms with Gasteiger partial charge in [0.05, 0.1) is 6.61 Å². The molecule has 116 valence electrons. The van der Waals surface area contributed by atoms with Crippen molar-refractivity contribution in [2.75, 3.05) is 32.8 Å². The number of nitrogens with zero attached hydrogens (tertiary/aromatic N) is 1. The van der Waals surface area contributed by atoms with Crippen molar-refractivity contribution in [1.29, 1.82) is 0 Å². The van der Waals surface area contributed by atoms with Crippen molar-refractivity contribution >= 4 is 5.97 Å². The Morgan fingerprint density at radius 2 is 2.25 bits per heavy atom. The van der Waals surface area contributed by atoms with Crippen LogP contribution in [0.5, 0.6) is 0 Å². The summed E-state index contributed by atoms with van der Waals surface area (Å²) >= 11 is 0. The van der Waals surface area contributed by atoms with E-state index in [2.05, 4.69) is 17.1 Å². The minimum absolute atomic E-state index is 0.380. The van der Waals surface area contributed by atoms with Crippen LogP contribution in [0.2, 0.25) is 0 Å². The van der Waals surface area contributed by atoms with Gasteiger partial charge in [0.2, 0.25) is 0 Å². The molecule has 1 saturated heterocycles. The van der Waals surface area contributed by atoms with E-state index >= 15 is 0 Å². The fourth-order valence-corrected chi connectivity index (χ4v) is 3.48. The highest BCUT2D eigenvalue weighted by Crippen LogP contribution is 2.32. The molecule has 5 nitrogen and oxygen atoms in total. The van der Waals surface area contributed by atoms with Crippen LogP contribution in [0.15, 0.2) is 0 Å². The van der Waals surface area contributed by atoms with Gasteiger partial charge >= 0.3 is 5.97 Å². The fraction of sp³-hybridized carbons (Fsp3) is 0.933. The highest BCUT2D eigenvalue weighted by molar-refractivity contribution is 5.79. The Labute approximate surface area is 121 Å². The van der Waals surface area contributed by atoms with Crippen LogP contribution in [-0.2, 0) is 9.53 Å². The summed E-state index contributed by atoms with van der Waals surface area (Å²) in [5.41, 5.74) is -0.716. The van der Waals surface area contributed by atoms with Crippen molar-refractivity contribution in [1.82, 2.24) is 10.2 Å². The van der Waals surface area contributed by atoms with E-state index in [1.54, 1.807) is 0 Å². The second-order valence-electron chi connectivity index (χ2n) is 6.07. The summed E-state index contributed by atoms with van der Waals surface area (Å²) < 4.78 is 5.51. The molecule has 0 bridgehead atoms.